The Morgan fingerprint density at radius 3 is 2.75 bits per heavy atom. The molecule has 1 aromatic carbocycles. The van der Waals surface area contributed by atoms with Gasteiger partial charge in [-0.15, -0.1) is 0 Å². The second kappa shape index (κ2) is 3.06. The van der Waals surface area contributed by atoms with Gasteiger partial charge in [0.15, 0.2) is 5.69 Å². The van der Waals surface area contributed by atoms with Gasteiger partial charge in [-0.25, -0.2) is 0 Å². The van der Waals surface area contributed by atoms with Crippen LogP contribution in [0.2, 0.25) is 0 Å². The van der Waals surface area contributed by atoms with Gasteiger partial charge >= 0.3 is 0 Å². The van der Waals surface area contributed by atoms with Gasteiger partial charge in [-0.2, -0.15) is 4.58 Å². The third kappa shape index (κ3) is 1.34. The average molecular weight is 209 g/mol. The molecule has 0 atom stereocenters. The van der Waals surface area contributed by atoms with Crippen LogP contribution in [0, 0.1) is 5.41 Å². The first kappa shape index (κ1) is 9.82. The van der Waals surface area contributed by atoms with E-state index in [1.165, 1.54) is 5.71 Å². The minimum Gasteiger partial charge on any atom is -0.200 e. The highest BCUT2D eigenvalue weighted by Crippen LogP contribution is 2.40. The van der Waals surface area contributed by atoms with Crippen molar-refractivity contribution in [1.29, 1.82) is 0 Å². The molecule has 0 saturated heterocycles. The summed E-state index contributed by atoms with van der Waals surface area (Å²) in [4.78, 5) is 4.39. The van der Waals surface area contributed by atoms with E-state index in [1.807, 2.05) is 24.5 Å². The topological polar surface area (TPSA) is 15.4 Å². The van der Waals surface area contributed by atoms with Crippen molar-refractivity contribution in [2.24, 2.45) is 10.4 Å². The van der Waals surface area contributed by atoms with Crippen LogP contribution in [0.1, 0.15) is 26.7 Å². The molecule has 0 N–H and O–H groups in total. The van der Waals surface area contributed by atoms with Crippen molar-refractivity contribution >= 4 is 36.7 Å². The maximum Gasteiger partial charge on any atom is 0.292 e. The monoisotopic (exact) mass is 209 g/mol. The van der Waals surface area contributed by atoms with E-state index >= 15 is 0 Å². The van der Waals surface area contributed by atoms with Crippen LogP contribution < -0.4 is 5.46 Å². The van der Waals surface area contributed by atoms with Crippen molar-refractivity contribution in [2.75, 3.05) is 0 Å². The Bertz CT molecular complexity index is 517. The lowest BCUT2D eigenvalue weighted by atomic mass is 9.70. The van der Waals surface area contributed by atoms with Crippen molar-refractivity contribution in [2.45, 2.75) is 26.7 Å². The number of nitrogens with zero attached hydrogens (tertiary/aromatic N) is 2. The summed E-state index contributed by atoms with van der Waals surface area (Å²) >= 11 is 0. The second-order valence-electron chi connectivity index (χ2n) is 5.41. The highest BCUT2D eigenvalue weighted by atomic mass is 15.1. The van der Waals surface area contributed by atoms with Crippen LogP contribution in [0.25, 0.3) is 0 Å². The summed E-state index contributed by atoms with van der Waals surface area (Å²) in [5, 5.41) is 0. The Labute approximate surface area is 97.1 Å². The van der Waals surface area contributed by atoms with Crippen molar-refractivity contribution in [3.63, 3.8) is 0 Å². The zero-order chi connectivity index (χ0) is 11.3. The molecule has 0 bridgehead atoms. The number of hydrogen-bond donors (Lipinski definition) is 0. The largest absolute Gasteiger partial charge is 0.292 e. The first-order valence-electron chi connectivity index (χ1n) is 5.63. The molecule has 3 heteroatoms. The van der Waals surface area contributed by atoms with Gasteiger partial charge in [0, 0.05) is 12.8 Å². The molecule has 0 amide bonds. The summed E-state index contributed by atoms with van der Waals surface area (Å²) in [6.45, 7) is 4.58. The fraction of sp³-hybridized carbons (Fsp3) is 0.385. The molecule has 0 unspecified atom stereocenters. The van der Waals surface area contributed by atoms with E-state index in [4.69, 9.17) is 7.85 Å². The number of benzene rings is 1. The molecule has 3 rings (SSSR count). The van der Waals surface area contributed by atoms with Crippen LogP contribution in [-0.4, -0.2) is 24.5 Å². The number of aliphatic imine (C=N–C) groups is 1. The van der Waals surface area contributed by atoms with E-state index in [-0.39, 0.29) is 0 Å². The predicted octanol–water partition coefficient (Wildman–Crippen LogP) is 2.06. The second-order valence-corrected chi connectivity index (χ2v) is 5.41. The standard InChI is InChI=1S/C13H14BN2/c1-13(2)6-9(7-13)16-8-15-11-5-3-4-10(14)12(11)16/h3-5,8H,6-7H2,1-2H3/q+1. The Morgan fingerprint density at radius 2 is 2.06 bits per heavy atom. The lowest BCUT2D eigenvalue weighted by Gasteiger charge is -2.35. The summed E-state index contributed by atoms with van der Waals surface area (Å²) in [6, 6.07) is 5.89. The highest BCUT2D eigenvalue weighted by molar-refractivity contribution is 6.36. The molecule has 1 saturated carbocycles. The molecule has 16 heavy (non-hydrogen) atoms. The van der Waals surface area contributed by atoms with Gasteiger partial charge in [-0.05, 0) is 21.9 Å². The van der Waals surface area contributed by atoms with Crippen molar-refractivity contribution in [3.05, 3.63) is 18.2 Å². The van der Waals surface area contributed by atoms with Gasteiger partial charge in [0.25, 0.3) is 6.34 Å². The van der Waals surface area contributed by atoms with Crippen LogP contribution in [0.5, 0.6) is 0 Å². The number of para-hydroxylation sites is 1. The van der Waals surface area contributed by atoms with E-state index in [0.29, 0.717) is 5.41 Å². The smallest absolute Gasteiger partial charge is 0.200 e. The minimum atomic E-state index is 0.440. The quantitative estimate of drug-likeness (QED) is 0.459. The summed E-state index contributed by atoms with van der Waals surface area (Å²) in [5.74, 6) is 0. The van der Waals surface area contributed by atoms with Crippen molar-refractivity contribution < 1.29 is 4.58 Å². The summed E-state index contributed by atoms with van der Waals surface area (Å²) < 4.78 is 2.16. The van der Waals surface area contributed by atoms with Gasteiger partial charge in [0.05, 0.1) is 5.71 Å². The lowest BCUT2D eigenvalue weighted by molar-refractivity contribution is -0.297. The molecule has 2 nitrogen and oxygen atoms in total. The van der Waals surface area contributed by atoms with Crippen LogP contribution in [0.3, 0.4) is 0 Å². The van der Waals surface area contributed by atoms with E-state index < -0.39 is 0 Å². The van der Waals surface area contributed by atoms with Crippen LogP contribution >= 0.6 is 0 Å². The normalized spacial score (nSPS) is 20.9. The van der Waals surface area contributed by atoms with Crippen molar-refractivity contribution in [1.82, 2.24) is 0 Å². The highest BCUT2D eigenvalue weighted by Gasteiger charge is 2.38. The van der Waals surface area contributed by atoms with Gasteiger partial charge in [-0.3, -0.25) is 0 Å². The van der Waals surface area contributed by atoms with Crippen LogP contribution in [0.15, 0.2) is 23.2 Å². The fourth-order valence-corrected chi connectivity index (χ4v) is 2.56. The molecule has 1 fully saturated rings. The average Bonchev–Trinajstić information content (AvgIpc) is 2.59. The molecule has 1 aromatic rings. The van der Waals surface area contributed by atoms with Gasteiger partial charge in [-0.1, -0.05) is 26.0 Å². The van der Waals surface area contributed by atoms with E-state index in [1.54, 1.807) is 0 Å². The maximum absolute atomic E-state index is 6.01. The molecular weight excluding hydrogens is 195 g/mol. The zero-order valence-corrected chi connectivity index (χ0v) is 9.70. The molecule has 1 heterocycles. The number of rotatable bonds is 0. The fourth-order valence-electron chi connectivity index (χ4n) is 2.56. The Morgan fingerprint density at radius 1 is 1.31 bits per heavy atom. The third-order valence-electron chi connectivity index (χ3n) is 3.31. The molecule has 1 aliphatic carbocycles. The van der Waals surface area contributed by atoms with Gasteiger partial charge in [0.2, 0.25) is 5.69 Å². The predicted molar refractivity (Wildman–Crippen MR) is 67.9 cm³/mol. The van der Waals surface area contributed by atoms with Crippen LogP contribution in [-0.2, 0) is 0 Å². The molecule has 0 spiro atoms. The molecule has 78 valence electrons. The summed E-state index contributed by atoms with van der Waals surface area (Å²) in [5.41, 5.74) is 4.72. The van der Waals surface area contributed by atoms with E-state index in [9.17, 15) is 0 Å². The summed E-state index contributed by atoms with van der Waals surface area (Å²) in [6.07, 6.45) is 4.16. The first-order valence-corrected chi connectivity index (χ1v) is 5.63. The summed E-state index contributed by atoms with van der Waals surface area (Å²) in [7, 11) is 6.01. The molecule has 0 aromatic heterocycles. The Hall–Kier alpha value is -1.38. The molecule has 1 aliphatic heterocycles. The molecular formula is C13H14BN2+. The first-order chi connectivity index (χ1) is 7.57. The lowest BCUT2D eigenvalue weighted by Crippen LogP contribution is -2.37. The number of fused-ring (bicyclic) bond motifs is 1. The van der Waals surface area contributed by atoms with E-state index in [2.05, 4.69) is 23.4 Å². The number of hydrogen-bond acceptors (Lipinski definition) is 1. The van der Waals surface area contributed by atoms with E-state index in [0.717, 1.165) is 29.7 Å². The minimum absolute atomic E-state index is 0.440. The Kier molecular flexibility index (Phi) is 1.88. The Balaban J connectivity index is 2.08. The van der Waals surface area contributed by atoms with Crippen molar-refractivity contribution in [3.8, 4) is 0 Å². The zero-order valence-electron chi connectivity index (χ0n) is 9.70. The van der Waals surface area contributed by atoms with Gasteiger partial charge in [0.1, 0.15) is 7.85 Å². The SMILES string of the molecule is [B]c1cccc2c1[N+](=C1CC(C)(C)C1)C=N2. The third-order valence-corrected chi connectivity index (χ3v) is 3.31. The van der Waals surface area contributed by atoms with Crippen LogP contribution in [0.4, 0.5) is 11.4 Å². The maximum atomic E-state index is 6.01. The molecule has 2 aliphatic rings. The molecule has 2 radical (unpaired) electrons. The van der Waals surface area contributed by atoms with Gasteiger partial charge < -0.3 is 0 Å².